The number of halogens is 3. The molecule has 27 heavy (non-hydrogen) atoms. The lowest BCUT2D eigenvalue weighted by Gasteiger charge is -2.37. The molecule has 0 amide bonds. The van der Waals surface area contributed by atoms with E-state index < -0.39 is 17.2 Å². The van der Waals surface area contributed by atoms with Crippen LogP contribution >= 0.6 is 0 Å². The SMILES string of the molecule is NC(=NCC1(c2cccc(C(F)(F)F)c2)CCOCC1)NC1CCCCC1. The van der Waals surface area contributed by atoms with E-state index in [1.165, 1.54) is 31.4 Å². The molecular formula is C20H28F3N3O. The monoisotopic (exact) mass is 383 g/mol. The van der Waals surface area contributed by atoms with Crippen molar-refractivity contribution in [2.75, 3.05) is 19.8 Å². The maximum Gasteiger partial charge on any atom is 0.416 e. The minimum Gasteiger partial charge on any atom is -0.381 e. The summed E-state index contributed by atoms with van der Waals surface area (Å²) in [4.78, 5) is 4.53. The molecular weight excluding hydrogens is 355 g/mol. The van der Waals surface area contributed by atoms with Crippen molar-refractivity contribution in [2.45, 2.75) is 62.6 Å². The maximum atomic E-state index is 13.2. The summed E-state index contributed by atoms with van der Waals surface area (Å²) in [6.07, 6.45) is 2.72. The molecule has 0 unspecified atom stereocenters. The van der Waals surface area contributed by atoms with Gasteiger partial charge in [-0.15, -0.1) is 0 Å². The molecule has 4 nitrogen and oxygen atoms in total. The third kappa shape index (κ3) is 5.15. The van der Waals surface area contributed by atoms with E-state index in [1.807, 2.05) is 0 Å². The minimum atomic E-state index is -4.35. The maximum absolute atomic E-state index is 13.2. The number of rotatable bonds is 4. The number of ether oxygens (including phenoxy) is 1. The molecule has 0 spiro atoms. The molecule has 1 saturated heterocycles. The molecule has 1 aliphatic carbocycles. The van der Waals surface area contributed by atoms with Gasteiger partial charge in [0.05, 0.1) is 12.1 Å². The van der Waals surface area contributed by atoms with E-state index in [1.54, 1.807) is 6.07 Å². The normalized spacial score (nSPS) is 21.8. The standard InChI is InChI=1S/C20H28F3N3O/c21-20(22,23)16-6-4-5-15(13-16)19(9-11-27-12-10-19)14-25-18(24)26-17-7-2-1-3-8-17/h4-6,13,17H,1-3,7-12,14H2,(H3,24,25,26). The molecule has 150 valence electrons. The lowest BCUT2D eigenvalue weighted by atomic mass is 9.74. The number of guanidine groups is 1. The Bertz CT molecular complexity index is 648. The second-order valence-electron chi connectivity index (χ2n) is 7.65. The molecule has 1 heterocycles. The summed E-state index contributed by atoms with van der Waals surface area (Å²) in [6.45, 7) is 1.40. The molecule has 1 aromatic carbocycles. The number of benzene rings is 1. The molecule has 1 saturated carbocycles. The van der Waals surface area contributed by atoms with Crippen molar-refractivity contribution in [2.24, 2.45) is 10.7 Å². The van der Waals surface area contributed by atoms with Crippen LogP contribution in [0.5, 0.6) is 0 Å². The molecule has 1 aromatic rings. The zero-order valence-corrected chi connectivity index (χ0v) is 15.5. The fraction of sp³-hybridized carbons (Fsp3) is 0.650. The van der Waals surface area contributed by atoms with Crippen LogP contribution in [0.25, 0.3) is 0 Å². The van der Waals surface area contributed by atoms with E-state index in [-0.39, 0.29) is 0 Å². The highest BCUT2D eigenvalue weighted by molar-refractivity contribution is 5.78. The van der Waals surface area contributed by atoms with Gasteiger partial charge in [-0.2, -0.15) is 13.2 Å². The van der Waals surface area contributed by atoms with Gasteiger partial charge in [-0.3, -0.25) is 4.99 Å². The van der Waals surface area contributed by atoms with Crippen LogP contribution in [0.15, 0.2) is 29.3 Å². The largest absolute Gasteiger partial charge is 0.416 e. The van der Waals surface area contributed by atoms with Gasteiger partial charge in [0.2, 0.25) is 0 Å². The first kappa shape index (κ1) is 20.0. The topological polar surface area (TPSA) is 59.6 Å². The van der Waals surface area contributed by atoms with Crippen molar-refractivity contribution in [3.05, 3.63) is 35.4 Å². The first-order valence-electron chi connectivity index (χ1n) is 9.71. The Kier molecular flexibility index (Phi) is 6.29. The first-order chi connectivity index (χ1) is 12.9. The van der Waals surface area contributed by atoms with Crippen LogP contribution in [0.2, 0.25) is 0 Å². The van der Waals surface area contributed by atoms with Gasteiger partial charge in [0.25, 0.3) is 0 Å². The van der Waals surface area contributed by atoms with Crippen LogP contribution in [0.3, 0.4) is 0 Å². The summed E-state index contributed by atoms with van der Waals surface area (Å²) in [5, 5.41) is 3.28. The van der Waals surface area contributed by atoms with Gasteiger partial charge >= 0.3 is 6.18 Å². The van der Waals surface area contributed by atoms with Gasteiger partial charge in [-0.1, -0.05) is 37.5 Å². The number of nitrogens with two attached hydrogens (primary N) is 1. The summed E-state index contributed by atoms with van der Waals surface area (Å²) in [5.41, 5.74) is 5.65. The third-order valence-electron chi connectivity index (χ3n) is 5.76. The summed E-state index contributed by atoms with van der Waals surface area (Å²) < 4.78 is 44.9. The van der Waals surface area contributed by atoms with Crippen molar-refractivity contribution < 1.29 is 17.9 Å². The summed E-state index contributed by atoms with van der Waals surface area (Å²) in [6, 6.07) is 5.95. The zero-order chi connectivity index (χ0) is 19.3. The van der Waals surface area contributed by atoms with Crippen molar-refractivity contribution in [1.82, 2.24) is 5.32 Å². The molecule has 0 radical (unpaired) electrons. The Morgan fingerprint density at radius 1 is 1.19 bits per heavy atom. The smallest absolute Gasteiger partial charge is 0.381 e. The molecule has 7 heteroatoms. The van der Waals surface area contributed by atoms with Gasteiger partial charge in [0, 0.05) is 24.7 Å². The fourth-order valence-corrected chi connectivity index (χ4v) is 4.06. The van der Waals surface area contributed by atoms with Crippen molar-refractivity contribution >= 4 is 5.96 Å². The van der Waals surface area contributed by atoms with Gasteiger partial charge in [-0.05, 0) is 37.3 Å². The van der Waals surface area contributed by atoms with E-state index in [2.05, 4.69) is 10.3 Å². The molecule has 3 N–H and O–H groups in total. The number of hydrogen-bond acceptors (Lipinski definition) is 2. The number of aliphatic imine (C=N–C) groups is 1. The highest BCUT2D eigenvalue weighted by atomic mass is 19.4. The highest BCUT2D eigenvalue weighted by Gasteiger charge is 2.37. The first-order valence-corrected chi connectivity index (χ1v) is 9.71. The van der Waals surface area contributed by atoms with Crippen LogP contribution in [-0.2, 0) is 16.3 Å². The number of nitrogens with one attached hydrogen (secondary N) is 1. The Hall–Kier alpha value is -1.76. The highest BCUT2D eigenvalue weighted by Crippen LogP contribution is 2.38. The summed E-state index contributed by atoms with van der Waals surface area (Å²) in [5.74, 6) is 0.389. The van der Waals surface area contributed by atoms with E-state index in [4.69, 9.17) is 10.5 Å². The Balaban J connectivity index is 1.77. The predicted molar refractivity (Wildman–Crippen MR) is 99.7 cm³/mol. The van der Waals surface area contributed by atoms with Crippen molar-refractivity contribution in [3.63, 3.8) is 0 Å². The fourth-order valence-electron chi connectivity index (χ4n) is 4.06. The summed E-state index contributed by atoms with van der Waals surface area (Å²) in [7, 11) is 0. The quantitative estimate of drug-likeness (QED) is 0.611. The number of nitrogens with zero attached hydrogens (tertiary/aromatic N) is 1. The van der Waals surface area contributed by atoms with E-state index in [0.29, 0.717) is 50.2 Å². The molecule has 0 bridgehead atoms. The lowest BCUT2D eigenvalue weighted by molar-refractivity contribution is -0.137. The molecule has 1 aliphatic heterocycles. The van der Waals surface area contributed by atoms with Crippen molar-refractivity contribution in [1.29, 1.82) is 0 Å². The molecule has 2 fully saturated rings. The Morgan fingerprint density at radius 3 is 2.56 bits per heavy atom. The van der Waals surface area contributed by atoms with Crippen LogP contribution in [0.4, 0.5) is 13.2 Å². The van der Waals surface area contributed by atoms with Crippen LogP contribution in [0, 0.1) is 0 Å². The van der Waals surface area contributed by atoms with Gasteiger partial charge in [0.1, 0.15) is 0 Å². The third-order valence-corrected chi connectivity index (χ3v) is 5.76. The van der Waals surface area contributed by atoms with Gasteiger partial charge < -0.3 is 15.8 Å². The Morgan fingerprint density at radius 2 is 1.89 bits per heavy atom. The zero-order valence-electron chi connectivity index (χ0n) is 15.5. The number of hydrogen-bond donors (Lipinski definition) is 2. The second-order valence-corrected chi connectivity index (χ2v) is 7.65. The minimum absolute atomic E-state index is 0.349. The van der Waals surface area contributed by atoms with Crippen LogP contribution in [-0.4, -0.2) is 31.8 Å². The number of alkyl halides is 3. The van der Waals surface area contributed by atoms with Crippen LogP contribution < -0.4 is 11.1 Å². The van der Waals surface area contributed by atoms with E-state index in [0.717, 1.165) is 18.9 Å². The summed E-state index contributed by atoms with van der Waals surface area (Å²) >= 11 is 0. The van der Waals surface area contributed by atoms with Crippen molar-refractivity contribution in [3.8, 4) is 0 Å². The molecule has 2 aliphatic rings. The van der Waals surface area contributed by atoms with Gasteiger partial charge in [0.15, 0.2) is 5.96 Å². The van der Waals surface area contributed by atoms with E-state index in [9.17, 15) is 13.2 Å². The van der Waals surface area contributed by atoms with Gasteiger partial charge in [-0.25, -0.2) is 0 Å². The average Bonchev–Trinajstić information content (AvgIpc) is 2.67. The molecule has 0 aromatic heterocycles. The molecule has 0 atom stereocenters. The lowest BCUT2D eigenvalue weighted by Crippen LogP contribution is -2.43. The second kappa shape index (κ2) is 8.50. The average molecular weight is 383 g/mol. The van der Waals surface area contributed by atoms with Crippen LogP contribution in [0.1, 0.15) is 56.1 Å². The Labute approximate surface area is 158 Å². The molecule has 3 rings (SSSR count). The van der Waals surface area contributed by atoms with E-state index >= 15 is 0 Å². The predicted octanol–water partition coefficient (Wildman–Crippen LogP) is 3.99.